The minimum atomic E-state index is -5.40. The smallest absolute Gasteiger partial charge is 0.422 e. The molecule has 1 aromatic carbocycles. The summed E-state index contributed by atoms with van der Waals surface area (Å²) in [6, 6.07) is -0.0695. The predicted octanol–water partition coefficient (Wildman–Crippen LogP) is 2.83. The van der Waals surface area contributed by atoms with E-state index in [2.05, 4.69) is 0 Å². The molecule has 0 aromatic heterocycles. The van der Waals surface area contributed by atoms with Crippen LogP contribution in [0.2, 0.25) is 0 Å². The van der Waals surface area contributed by atoms with Gasteiger partial charge < -0.3 is 5.11 Å². The molecule has 78 valence electrons. The van der Waals surface area contributed by atoms with Crippen molar-refractivity contribution in [3.05, 3.63) is 29.1 Å². The van der Waals surface area contributed by atoms with E-state index in [9.17, 15) is 26.3 Å². The van der Waals surface area contributed by atoms with Crippen LogP contribution in [0.15, 0.2) is 6.07 Å². The molecule has 0 saturated heterocycles. The molecule has 0 radical (unpaired) electrons. The molecule has 0 aliphatic carbocycles. The van der Waals surface area contributed by atoms with Gasteiger partial charge in [-0.2, -0.15) is 13.2 Å². The van der Waals surface area contributed by atoms with Crippen LogP contribution in [-0.4, -0.2) is 5.11 Å². The van der Waals surface area contributed by atoms with E-state index in [1.54, 1.807) is 0 Å². The number of phenols is 1. The van der Waals surface area contributed by atoms with Crippen LogP contribution in [0.1, 0.15) is 5.56 Å². The SMILES string of the molecule is Oc1cc(F)c(F)c(C(F)(F)F)c1F. The van der Waals surface area contributed by atoms with E-state index in [0.29, 0.717) is 0 Å². The summed E-state index contributed by atoms with van der Waals surface area (Å²) in [5.41, 5.74) is -2.44. The first-order chi connectivity index (χ1) is 6.25. The van der Waals surface area contributed by atoms with E-state index < -0.39 is 34.9 Å². The lowest BCUT2D eigenvalue weighted by molar-refractivity contribution is -0.143. The fourth-order valence-electron chi connectivity index (χ4n) is 0.839. The molecule has 1 nitrogen and oxygen atoms in total. The van der Waals surface area contributed by atoms with Crippen LogP contribution in [0.25, 0.3) is 0 Å². The number of hydrogen-bond donors (Lipinski definition) is 1. The fraction of sp³-hybridized carbons (Fsp3) is 0.143. The number of aromatic hydroxyl groups is 1. The molecule has 0 atom stereocenters. The summed E-state index contributed by atoms with van der Waals surface area (Å²) in [6.07, 6.45) is -5.40. The van der Waals surface area contributed by atoms with Crippen molar-refractivity contribution in [2.24, 2.45) is 0 Å². The van der Waals surface area contributed by atoms with E-state index >= 15 is 0 Å². The summed E-state index contributed by atoms with van der Waals surface area (Å²) in [4.78, 5) is 0. The molecule has 0 unspecified atom stereocenters. The number of benzene rings is 1. The van der Waals surface area contributed by atoms with Crippen molar-refractivity contribution in [1.29, 1.82) is 0 Å². The molecule has 1 rings (SSSR count). The summed E-state index contributed by atoms with van der Waals surface area (Å²) < 4.78 is 73.1. The molecule has 0 aliphatic heterocycles. The lowest BCUT2D eigenvalue weighted by Gasteiger charge is -2.10. The Morgan fingerprint density at radius 3 is 1.93 bits per heavy atom. The van der Waals surface area contributed by atoms with Gasteiger partial charge in [-0.3, -0.25) is 0 Å². The molecule has 0 amide bonds. The van der Waals surface area contributed by atoms with Gasteiger partial charge in [-0.25, -0.2) is 13.2 Å². The Kier molecular flexibility index (Phi) is 2.34. The summed E-state index contributed by atoms with van der Waals surface area (Å²) in [5, 5.41) is 8.49. The largest absolute Gasteiger partial charge is 0.505 e. The molecule has 1 N–H and O–H groups in total. The topological polar surface area (TPSA) is 20.2 Å². The zero-order chi connectivity index (χ0) is 11.1. The number of hydrogen-bond acceptors (Lipinski definition) is 1. The maximum atomic E-state index is 12.6. The van der Waals surface area contributed by atoms with Crippen molar-refractivity contribution in [1.82, 2.24) is 0 Å². The molecule has 0 aliphatic rings. The van der Waals surface area contributed by atoms with Crippen LogP contribution in [-0.2, 0) is 6.18 Å². The maximum Gasteiger partial charge on any atom is 0.422 e. The molecular weight excluding hydrogens is 214 g/mol. The summed E-state index contributed by atoms with van der Waals surface area (Å²) in [5.74, 6) is -8.14. The molecule has 0 fully saturated rings. The minimum Gasteiger partial charge on any atom is -0.505 e. The second-order valence-corrected chi connectivity index (χ2v) is 2.38. The molecule has 0 saturated carbocycles. The van der Waals surface area contributed by atoms with Crippen LogP contribution < -0.4 is 0 Å². The third-order valence-electron chi connectivity index (χ3n) is 1.42. The second-order valence-electron chi connectivity index (χ2n) is 2.38. The van der Waals surface area contributed by atoms with Crippen LogP contribution in [0.4, 0.5) is 26.3 Å². The maximum absolute atomic E-state index is 12.6. The standard InChI is InChI=1S/C7H2F6O/c8-2-1-3(14)6(10)4(5(2)9)7(11,12)13/h1,14H. The van der Waals surface area contributed by atoms with Gasteiger partial charge in [0.1, 0.15) is 5.56 Å². The molecule has 0 heterocycles. The zero-order valence-electron chi connectivity index (χ0n) is 6.29. The Balaban J connectivity index is 3.56. The van der Waals surface area contributed by atoms with Gasteiger partial charge in [-0.05, 0) is 0 Å². The molecule has 0 spiro atoms. The number of halogens is 6. The van der Waals surface area contributed by atoms with Crippen molar-refractivity contribution in [2.75, 3.05) is 0 Å². The Morgan fingerprint density at radius 1 is 1.00 bits per heavy atom. The average molecular weight is 216 g/mol. The lowest BCUT2D eigenvalue weighted by Crippen LogP contribution is -2.12. The predicted molar refractivity (Wildman–Crippen MR) is 33.0 cm³/mol. The average Bonchev–Trinajstić information content (AvgIpc) is 1.98. The van der Waals surface area contributed by atoms with E-state index in [4.69, 9.17) is 5.11 Å². The first-order valence-electron chi connectivity index (χ1n) is 3.18. The van der Waals surface area contributed by atoms with Crippen LogP contribution in [0.3, 0.4) is 0 Å². The van der Waals surface area contributed by atoms with Gasteiger partial charge in [-0.15, -0.1) is 0 Å². The van der Waals surface area contributed by atoms with Crippen molar-refractivity contribution in [2.45, 2.75) is 6.18 Å². The Morgan fingerprint density at radius 2 is 1.50 bits per heavy atom. The summed E-state index contributed by atoms with van der Waals surface area (Å²) in [7, 11) is 0. The van der Waals surface area contributed by atoms with E-state index in [1.807, 2.05) is 0 Å². The molecule has 14 heavy (non-hydrogen) atoms. The minimum absolute atomic E-state index is 0.0695. The molecule has 1 aromatic rings. The van der Waals surface area contributed by atoms with Crippen LogP contribution in [0, 0.1) is 17.5 Å². The number of alkyl halides is 3. The van der Waals surface area contributed by atoms with Gasteiger partial charge in [0, 0.05) is 6.07 Å². The third kappa shape index (κ3) is 1.61. The number of rotatable bonds is 0. The van der Waals surface area contributed by atoms with Crippen LogP contribution in [0.5, 0.6) is 5.75 Å². The van der Waals surface area contributed by atoms with Gasteiger partial charge in [0.05, 0.1) is 0 Å². The van der Waals surface area contributed by atoms with Crippen LogP contribution >= 0.6 is 0 Å². The Bertz CT molecular complexity index is 343. The summed E-state index contributed by atoms with van der Waals surface area (Å²) >= 11 is 0. The molecule has 0 bridgehead atoms. The third-order valence-corrected chi connectivity index (χ3v) is 1.42. The first-order valence-corrected chi connectivity index (χ1v) is 3.18. The van der Waals surface area contributed by atoms with E-state index in [0.717, 1.165) is 0 Å². The highest BCUT2D eigenvalue weighted by atomic mass is 19.4. The van der Waals surface area contributed by atoms with Gasteiger partial charge in [0.15, 0.2) is 23.2 Å². The Labute approximate surface area is 73.6 Å². The van der Waals surface area contributed by atoms with E-state index in [-0.39, 0.29) is 6.07 Å². The quantitative estimate of drug-likeness (QED) is 0.522. The molecule has 7 heteroatoms. The van der Waals surface area contributed by atoms with Crippen molar-refractivity contribution in [3.8, 4) is 5.75 Å². The lowest BCUT2D eigenvalue weighted by atomic mass is 10.1. The zero-order valence-corrected chi connectivity index (χ0v) is 6.29. The van der Waals surface area contributed by atoms with Gasteiger partial charge in [0.25, 0.3) is 0 Å². The highest BCUT2D eigenvalue weighted by molar-refractivity contribution is 5.34. The normalized spacial score (nSPS) is 11.9. The fourth-order valence-corrected chi connectivity index (χ4v) is 0.839. The van der Waals surface area contributed by atoms with Gasteiger partial charge in [-0.1, -0.05) is 0 Å². The second kappa shape index (κ2) is 3.07. The Hall–Kier alpha value is -1.40. The van der Waals surface area contributed by atoms with Crippen molar-refractivity contribution in [3.63, 3.8) is 0 Å². The van der Waals surface area contributed by atoms with Gasteiger partial charge in [0.2, 0.25) is 0 Å². The first kappa shape index (κ1) is 10.7. The number of phenolic OH excluding ortho intramolecular Hbond substituents is 1. The van der Waals surface area contributed by atoms with Crippen molar-refractivity contribution >= 4 is 0 Å². The van der Waals surface area contributed by atoms with E-state index in [1.165, 1.54) is 0 Å². The highest BCUT2D eigenvalue weighted by Gasteiger charge is 2.40. The molecular formula is C7H2F6O. The van der Waals surface area contributed by atoms with Crippen molar-refractivity contribution < 1.29 is 31.4 Å². The highest BCUT2D eigenvalue weighted by Crippen LogP contribution is 2.37. The summed E-state index contributed by atoms with van der Waals surface area (Å²) in [6.45, 7) is 0. The van der Waals surface area contributed by atoms with Gasteiger partial charge >= 0.3 is 6.18 Å². The monoisotopic (exact) mass is 216 g/mol.